The van der Waals surface area contributed by atoms with Gasteiger partial charge in [-0.15, -0.1) is 0 Å². The second-order valence-corrected chi connectivity index (χ2v) is 6.86. The number of rotatable bonds is 4. The van der Waals surface area contributed by atoms with Crippen molar-refractivity contribution in [1.29, 1.82) is 0 Å². The van der Waals surface area contributed by atoms with Gasteiger partial charge in [0.25, 0.3) is 10.0 Å². The number of nitrogens with one attached hydrogen (secondary N) is 1. The summed E-state index contributed by atoms with van der Waals surface area (Å²) in [7, 11) is -3.85. The summed E-state index contributed by atoms with van der Waals surface area (Å²) in [6.45, 7) is 5.30. The first-order chi connectivity index (χ1) is 10.2. The van der Waals surface area contributed by atoms with Gasteiger partial charge >= 0.3 is 5.97 Å². The van der Waals surface area contributed by atoms with E-state index in [0.29, 0.717) is 11.3 Å². The molecule has 0 aliphatic carbocycles. The molecule has 0 amide bonds. The molecule has 0 heterocycles. The molecule has 0 bridgehead atoms. The number of carboxylic acids is 1. The molecule has 2 N–H and O–H groups in total. The van der Waals surface area contributed by atoms with Crippen LogP contribution in [0.1, 0.15) is 27.0 Å². The molecule has 0 spiro atoms. The lowest BCUT2D eigenvalue weighted by Crippen LogP contribution is -2.16. The van der Waals surface area contributed by atoms with Gasteiger partial charge in [0, 0.05) is 0 Å². The van der Waals surface area contributed by atoms with Crippen LogP contribution in [0.2, 0.25) is 0 Å². The minimum atomic E-state index is -3.85. The molecule has 5 nitrogen and oxygen atoms in total. The van der Waals surface area contributed by atoms with E-state index in [2.05, 4.69) is 4.72 Å². The molecule has 2 aromatic rings. The lowest BCUT2D eigenvalue weighted by Gasteiger charge is -2.13. The number of aromatic carboxylic acids is 1. The first-order valence-corrected chi connectivity index (χ1v) is 8.13. The molecule has 0 aromatic heterocycles. The van der Waals surface area contributed by atoms with E-state index in [0.717, 1.165) is 11.1 Å². The molecule has 6 heteroatoms. The Kier molecular flexibility index (Phi) is 4.23. The Morgan fingerprint density at radius 2 is 1.64 bits per heavy atom. The molecule has 0 fully saturated rings. The molecule has 0 unspecified atom stereocenters. The molecule has 0 saturated heterocycles. The number of aryl methyl sites for hydroxylation is 3. The Labute approximate surface area is 129 Å². The Bertz CT molecular complexity index is 841. The molecular weight excluding hydrogens is 302 g/mol. The van der Waals surface area contributed by atoms with Crippen LogP contribution in [0.3, 0.4) is 0 Å². The van der Waals surface area contributed by atoms with Crippen LogP contribution in [0.25, 0.3) is 0 Å². The summed E-state index contributed by atoms with van der Waals surface area (Å²) in [6, 6.07) is 9.50. The number of benzene rings is 2. The Morgan fingerprint density at radius 3 is 2.27 bits per heavy atom. The molecule has 0 aliphatic rings. The van der Waals surface area contributed by atoms with E-state index in [1.54, 1.807) is 19.9 Å². The highest BCUT2D eigenvalue weighted by Gasteiger charge is 2.20. The van der Waals surface area contributed by atoms with Crippen molar-refractivity contribution < 1.29 is 18.3 Å². The highest BCUT2D eigenvalue weighted by molar-refractivity contribution is 7.92. The Balaban J connectivity index is 2.49. The fourth-order valence-electron chi connectivity index (χ4n) is 2.07. The minimum Gasteiger partial charge on any atom is -0.478 e. The third-order valence-corrected chi connectivity index (χ3v) is 4.87. The van der Waals surface area contributed by atoms with Crippen molar-refractivity contribution in [1.82, 2.24) is 0 Å². The molecular formula is C16H17NO4S. The van der Waals surface area contributed by atoms with E-state index >= 15 is 0 Å². The quantitative estimate of drug-likeness (QED) is 0.907. The topological polar surface area (TPSA) is 83.5 Å². The highest BCUT2D eigenvalue weighted by atomic mass is 32.2. The van der Waals surface area contributed by atoms with E-state index in [-0.39, 0.29) is 10.5 Å². The van der Waals surface area contributed by atoms with Gasteiger partial charge in [-0.05, 0) is 55.7 Å². The van der Waals surface area contributed by atoms with Crippen LogP contribution in [0.4, 0.5) is 5.69 Å². The summed E-state index contributed by atoms with van der Waals surface area (Å²) in [5.74, 6) is -1.16. The predicted molar refractivity (Wildman–Crippen MR) is 84.9 cm³/mol. The van der Waals surface area contributed by atoms with Crippen molar-refractivity contribution in [2.75, 3.05) is 4.72 Å². The first-order valence-electron chi connectivity index (χ1n) is 6.65. The third kappa shape index (κ3) is 3.28. The lowest BCUT2D eigenvalue weighted by atomic mass is 10.1. The monoisotopic (exact) mass is 319 g/mol. The van der Waals surface area contributed by atoms with Crippen molar-refractivity contribution in [3.8, 4) is 0 Å². The van der Waals surface area contributed by atoms with Crippen molar-refractivity contribution in [2.45, 2.75) is 25.7 Å². The molecule has 0 aliphatic heterocycles. The molecule has 116 valence electrons. The number of carboxylic acid groups (broad SMARTS) is 1. The normalized spacial score (nSPS) is 11.2. The SMILES string of the molecule is Cc1ccc(C)c(NS(=O)(=O)c2cc(C(=O)O)ccc2C)c1. The van der Waals surface area contributed by atoms with Crippen molar-refractivity contribution in [3.05, 3.63) is 58.7 Å². The maximum absolute atomic E-state index is 12.6. The fourth-order valence-corrected chi connectivity index (χ4v) is 3.46. The molecule has 0 atom stereocenters. The van der Waals surface area contributed by atoms with E-state index in [4.69, 9.17) is 5.11 Å². The summed E-state index contributed by atoms with van der Waals surface area (Å²) in [5, 5.41) is 9.02. The summed E-state index contributed by atoms with van der Waals surface area (Å²) in [6.07, 6.45) is 0. The molecule has 22 heavy (non-hydrogen) atoms. The van der Waals surface area contributed by atoms with Crippen LogP contribution in [-0.4, -0.2) is 19.5 Å². The van der Waals surface area contributed by atoms with Gasteiger partial charge in [0.2, 0.25) is 0 Å². The van der Waals surface area contributed by atoms with E-state index in [1.165, 1.54) is 18.2 Å². The van der Waals surface area contributed by atoms with E-state index in [9.17, 15) is 13.2 Å². The minimum absolute atomic E-state index is 0.0340. The van der Waals surface area contributed by atoms with Gasteiger partial charge in [-0.2, -0.15) is 0 Å². The second kappa shape index (κ2) is 5.81. The number of hydrogen-bond acceptors (Lipinski definition) is 3. The van der Waals surface area contributed by atoms with Gasteiger partial charge in [-0.25, -0.2) is 13.2 Å². The lowest BCUT2D eigenvalue weighted by molar-refractivity contribution is 0.0696. The van der Waals surface area contributed by atoms with Gasteiger partial charge in [0.15, 0.2) is 0 Å². The van der Waals surface area contributed by atoms with Crippen molar-refractivity contribution in [3.63, 3.8) is 0 Å². The zero-order valence-electron chi connectivity index (χ0n) is 12.5. The zero-order chi connectivity index (χ0) is 16.5. The number of hydrogen-bond donors (Lipinski definition) is 2. The van der Waals surface area contributed by atoms with Crippen molar-refractivity contribution in [2.24, 2.45) is 0 Å². The zero-order valence-corrected chi connectivity index (χ0v) is 13.4. The molecule has 0 radical (unpaired) electrons. The van der Waals surface area contributed by atoms with Crippen LogP contribution in [0, 0.1) is 20.8 Å². The van der Waals surface area contributed by atoms with Gasteiger partial charge in [0.05, 0.1) is 16.1 Å². The summed E-state index contributed by atoms with van der Waals surface area (Å²) >= 11 is 0. The van der Waals surface area contributed by atoms with Crippen LogP contribution in [0.15, 0.2) is 41.3 Å². The number of sulfonamides is 1. The third-order valence-electron chi connectivity index (χ3n) is 3.36. The van der Waals surface area contributed by atoms with Crippen LogP contribution >= 0.6 is 0 Å². The van der Waals surface area contributed by atoms with E-state index < -0.39 is 16.0 Å². The smallest absolute Gasteiger partial charge is 0.335 e. The van der Waals surface area contributed by atoms with Gasteiger partial charge in [-0.1, -0.05) is 18.2 Å². The fraction of sp³-hybridized carbons (Fsp3) is 0.188. The maximum atomic E-state index is 12.6. The van der Waals surface area contributed by atoms with Gasteiger partial charge in [0.1, 0.15) is 0 Å². The van der Waals surface area contributed by atoms with E-state index in [1.807, 2.05) is 19.1 Å². The van der Waals surface area contributed by atoms with Gasteiger partial charge in [-0.3, -0.25) is 4.72 Å². The molecule has 0 saturated carbocycles. The summed E-state index contributed by atoms with van der Waals surface area (Å²) in [5.41, 5.74) is 2.63. The van der Waals surface area contributed by atoms with Crippen LogP contribution in [-0.2, 0) is 10.0 Å². The molecule has 2 rings (SSSR count). The average Bonchev–Trinajstić information content (AvgIpc) is 2.42. The highest BCUT2D eigenvalue weighted by Crippen LogP contribution is 2.23. The van der Waals surface area contributed by atoms with Gasteiger partial charge < -0.3 is 5.11 Å². The van der Waals surface area contributed by atoms with Crippen LogP contribution in [0.5, 0.6) is 0 Å². The average molecular weight is 319 g/mol. The largest absolute Gasteiger partial charge is 0.478 e. The standard InChI is InChI=1S/C16H17NO4S/c1-10-4-5-11(2)14(8-10)17-22(20,21)15-9-13(16(18)19)7-6-12(15)3/h4-9,17H,1-3H3,(H,18,19). The Morgan fingerprint density at radius 1 is 1.00 bits per heavy atom. The predicted octanol–water partition coefficient (Wildman–Crippen LogP) is 3.11. The number of anilines is 1. The van der Waals surface area contributed by atoms with Crippen LogP contribution < -0.4 is 4.72 Å². The Hall–Kier alpha value is -2.34. The van der Waals surface area contributed by atoms with Crippen molar-refractivity contribution >= 4 is 21.7 Å². The number of carbonyl (C=O) groups is 1. The maximum Gasteiger partial charge on any atom is 0.335 e. The second-order valence-electron chi connectivity index (χ2n) is 5.21. The first kappa shape index (κ1) is 16.0. The summed E-state index contributed by atoms with van der Waals surface area (Å²) < 4.78 is 27.6. The summed E-state index contributed by atoms with van der Waals surface area (Å²) in [4.78, 5) is 11.0. The molecule has 2 aromatic carbocycles.